The van der Waals surface area contributed by atoms with Crippen LogP contribution < -0.4 is 4.57 Å². The molecule has 3 aromatic heterocycles. The van der Waals surface area contributed by atoms with Gasteiger partial charge in [0.05, 0.1) is 10.9 Å². The van der Waals surface area contributed by atoms with Gasteiger partial charge in [-0.2, -0.15) is 0 Å². The molecule has 0 N–H and O–H groups in total. The fourth-order valence-electron chi connectivity index (χ4n) is 3.65. The molecule has 3 heteroatoms. The van der Waals surface area contributed by atoms with E-state index in [1.807, 2.05) is 18.3 Å². The van der Waals surface area contributed by atoms with Crippen LogP contribution in [0.25, 0.3) is 44.1 Å². The largest absolute Gasteiger partial charge is 0.453 e. The van der Waals surface area contributed by atoms with Gasteiger partial charge < -0.3 is 4.42 Å². The van der Waals surface area contributed by atoms with Gasteiger partial charge in [0, 0.05) is 18.3 Å². The molecule has 5 aromatic rings. The molecule has 0 bridgehead atoms. The van der Waals surface area contributed by atoms with E-state index in [4.69, 9.17) is 9.40 Å². The fourth-order valence-corrected chi connectivity index (χ4v) is 3.65. The predicted octanol–water partition coefficient (Wildman–Crippen LogP) is 4.93. The van der Waals surface area contributed by atoms with Gasteiger partial charge in [0.15, 0.2) is 11.8 Å². The second-order valence-corrected chi connectivity index (χ2v) is 6.45. The maximum atomic E-state index is 6.31. The molecule has 0 saturated carbocycles. The molecular formula is C22H17N2O+. The lowest BCUT2D eigenvalue weighted by molar-refractivity contribution is -0.660. The summed E-state index contributed by atoms with van der Waals surface area (Å²) in [5, 5.41) is 3.47. The van der Waals surface area contributed by atoms with Crippen LogP contribution in [0, 0.1) is 6.92 Å². The number of pyridine rings is 2. The summed E-state index contributed by atoms with van der Waals surface area (Å²) < 4.78 is 8.42. The third kappa shape index (κ3) is 1.99. The number of nitrogens with zero attached hydrogens (tertiary/aromatic N) is 2. The molecule has 0 spiro atoms. The van der Waals surface area contributed by atoms with Gasteiger partial charge in [0.2, 0.25) is 5.69 Å². The molecule has 25 heavy (non-hydrogen) atoms. The highest BCUT2D eigenvalue weighted by atomic mass is 16.3. The smallest absolute Gasteiger partial charge is 0.216 e. The van der Waals surface area contributed by atoms with Crippen molar-refractivity contribution in [2.75, 3.05) is 0 Å². The highest BCUT2D eigenvalue weighted by Gasteiger charge is 2.21. The van der Waals surface area contributed by atoms with Crippen molar-refractivity contribution in [2.45, 2.75) is 6.92 Å². The van der Waals surface area contributed by atoms with Crippen molar-refractivity contribution < 1.29 is 8.98 Å². The first kappa shape index (κ1) is 14.2. The Labute approximate surface area is 145 Å². The quantitative estimate of drug-likeness (QED) is 0.409. The summed E-state index contributed by atoms with van der Waals surface area (Å²) in [6.45, 7) is 2.08. The van der Waals surface area contributed by atoms with E-state index in [0.717, 1.165) is 38.9 Å². The van der Waals surface area contributed by atoms with E-state index in [1.165, 1.54) is 10.8 Å². The summed E-state index contributed by atoms with van der Waals surface area (Å²) in [5.41, 5.74) is 6.00. The Morgan fingerprint density at radius 2 is 1.80 bits per heavy atom. The highest BCUT2D eigenvalue weighted by Crippen LogP contribution is 2.38. The molecule has 0 unspecified atom stereocenters. The molecule has 0 saturated heterocycles. The van der Waals surface area contributed by atoms with E-state index in [-0.39, 0.29) is 0 Å². The molecule has 5 rings (SSSR count). The molecule has 0 atom stereocenters. The van der Waals surface area contributed by atoms with Crippen LogP contribution in [0.2, 0.25) is 0 Å². The number of fused-ring (bicyclic) bond motifs is 5. The van der Waals surface area contributed by atoms with Crippen molar-refractivity contribution in [3.8, 4) is 11.3 Å². The Bertz CT molecular complexity index is 1270. The van der Waals surface area contributed by atoms with Gasteiger partial charge in [-0.25, -0.2) is 4.57 Å². The number of furan rings is 1. The molecule has 0 amide bonds. The Kier molecular flexibility index (Phi) is 2.92. The first-order chi connectivity index (χ1) is 12.2. The van der Waals surface area contributed by atoms with Crippen molar-refractivity contribution in [1.29, 1.82) is 0 Å². The van der Waals surface area contributed by atoms with E-state index in [9.17, 15) is 0 Å². The first-order valence-electron chi connectivity index (χ1n) is 8.38. The first-order valence-corrected chi connectivity index (χ1v) is 8.38. The average molecular weight is 325 g/mol. The van der Waals surface area contributed by atoms with Crippen LogP contribution in [0.5, 0.6) is 0 Å². The van der Waals surface area contributed by atoms with Crippen LogP contribution in [0.1, 0.15) is 5.56 Å². The molecule has 0 aliphatic carbocycles. The number of aryl methyl sites for hydroxylation is 2. The van der Waals surface area contributed by atoms with Gasteiger partial charge in [-0.3, -0.25) is 4.98 Å². The van der Waals surface area contributed by atoms with Gasteiger partial charge in [-0.1, -0.05) is 30.3 Å². The predicted molar refractivity (Wildman–Crippen MR) is 100 cm³/mol. The highest BCUT2D eigenvalue weighted by molar-refractivity contribution is 6.19. The van der Waals surface area contributed by atoms with Crippen LogP contribution in [0.4, 0.5) is 0 Å². The minimum atomic E-state index is 0.855. The van der Waals surface area contributed by atoms with Crippen molar-refractivity contribution in [3.63, 3.8) is 0 Å². The van der Waals surface area contributed by atoms with E-state index in [1.54, 1.807) is 0 Å². The minimum absolute atomic E-state index is 0.855. The zero-order valence-electron chi connectivity index (χ0n) is 14.2. The van der Waals surface area contributed by atoms with Gasteiger partial charge in [-0.15, -0.1) is 0 Å². The monoisotopic (exact) mass is 325 g/mol. The zero-order chi connectivity index (χ0) is 17.0. The number of hydrogen-bond donors (Lipinski definition) is 0. The van der Waals surface area contributed by atoms with Crippen LogP contribution >= 0.6 is 0 Å². The van der Waals surface area contributed by atoms with Gasteiger partial charge >= 0.3 is 0 Å². The maximum Gasteiger partial charge on any atom is 0.216 e. The number of hydrogen-bond acceptors (Lipinski definition) is 2. The van der Waals surface area contributed by atoms with Gasteiger partial charge in [0.25, 0.3) is 0 Å². The number of rotatable bonds is 1. The van der Waals surface area contributed by atoms with Crippen LogP contribution in [0.15, 0.2) is 71.4 Å². The maximum absolute atomic E-state index is 6.31. The summed E-state index contributed by atoms with van der Waals surface area (Å²) in [6, 6.07) is 18.7. The summed E-state index contributed by atoms with van der Waals surface area (Å²) in [4.78, 5) is 4.73. The normalized spacial score (nSPS) is 11.6. The third-order valence-electron chi connectivity index (χ3n) is 4.87. The zero-order valence-corrected chi connectivity index (χ0v) is 14.2. The lowest BCUT2D eigenvalue weighted by Crippen LogP contribution is -2.30. The van der Waals surface area contributed by atoms with E-state index >= 15 is 0 Å². The molecule has 2 aromatic carbocycles. The van der Waals surface area contributed by atoms with Crippen molar-refractivity contribution in [2.24, 2.45) is 7.05 Å². The number of benzene rings is 2. The van der Waals surface area contributed by atoms with Crippen LogP contribution in [0.3, 0.4) is 0 Å². The average Bonchev–Trinajstić information content (AvgIpc) is 3.01. The molecule has 120 valence electrons. The van der Waals surface area contributed by atoms with Crippen molar-refractivity contribution in [3.05, 3.63) is 72.6 Å². The van der Waals surface area contributed by atoms with E-state index in [2.05, 4.69) is 67.2 Å². The van der Waals surface area contributed by atoms with E-state index < -0.39 is 0 Å². The van der Waals surface area contributed by atoms with Crippen molar-refractivity contribution in [1.82, 2.24) is 4.98 Å². The molecular weight excluding hydrogens is 308 g/mol. The summed E-state index contributed by atoms with van der Waals surface area (Å²) >= 11 is 0. The summed E-state index contributed by atoms with van der Waals surface area (Å²) in [5.74, 6) is 0. The lowest BCUT2D eigenvalue weighted by Gasteiger charge is -2.04. The van der Waals surface area contributed by atoms with Gasteiger partial charge in [0.1, 0.15) is 18.1 Å². The second-order valence-electron chi connectivity index (χ2n) is 6.45. The Morgan fingerprint density at radius 1 is 0.960 bits per heavy atom. The molecule has 3 nitrogen and oxygen atoms in total. The number of aromatic nitrogens is 2. The van der Waals surface area contributed by atoms with Crippen molar-refractivity contribution >= 4 is 32.8 Å². The molecule has 0 aliphatic heterocycles. The van der Waals surface area contributed by atoms with Crippen LogP contribution in [-0.2, 0) is 7.05 Å². The standard InChI is InChI=1S/C22H17N2O/c1-14-13-23-21-20-16-8-4-3-7-15(16)10-11-18(20)25-22(21)19(14)17-9-5-6-12-24(17)2/h3-13H,1-2H3/q+1. The van der Waals surface area contributed by atoms with Gasteiger partial charge in [-0.05, 0) is 35.4 Å². The fraction of sp³-hybridized carbons (Fsp3) is 0.0909. The SMILES string of the molecule is Cc1cnc2c(oc3ccc4ccccc4c32)c1-c1cccc[n+]1C. The minimum Gasteiger partial charge on any atom is -0.453 e. The molecule has 0 fully saturated rings. The van der Waals surface area contributed by atoms with E-state index in [0.29, 0.717) is 0 Å². The Morgan fingerprint density at radius 3 is 2.68 bits per heavy atom. The molecule has 0 radical (unpaired) electrons. The summed E-state index contributed by atoms with van der Waals surface area (Å²) in [6.07, 6.45) is 4.00. The second kappa shape index (κ2) is 5.15. The van der Waals surface area contributed by atoms with Crippen LogP contribution in [-0.4, -0.2) is 4.98 Å². The topological polar surface area (TPSA) is 29.9 Å². The summed E-state index contributed by atoms with van der Waals surface area (Å²) in [7, 11) is 2.05. The lowest BCUT2D eigenvalue weighted by atomic mass is 10.0. The molecule has 0 aliphatic rings. The molecule has 3 heterocycles. The third-order valence-corrected chi connectivity index (χ3v) is 4.87. The Balaban J connectivity index is 1.99. The Hall–Kier alpha value is -3.20.